The Morgan fingerprint density at radius 3 is 2.42 bits per heavy atom. The van der Waals surface area contributed by atoms with E-state index in [2.05, 4.69) is 0 Å². The zero-order valence-corrected chi connectivity index (χ0v) is 25.3. The van der Waals surface area contributed by atoms with Crippen molar-refractivity contribution < 1.29 is 90.7 Å². The zero-order chi connectivity index (χ0) is 25.2. The quantitative estimate of drug-likeness (QED) is 0.171. The fourth-order valence-corrected chi connectivity index (χ4v) is 8.88. The van der Waals surface area contributed by atoms with Crippen LogP contribution in [-0.4, -0.2) is 43.6 Å². The zero-order valence-electron chi connectivity index (χ0n) is 18.9. The smallest absolute Gasteiger partial charge is 0.748 e. The number of halogens is 2. The number of fused-ring (bicyclic) bond motifs is 3. The standard InChI is InChI=1S/C21H18F2N2O6S4.K/c22-13-2-4-17-15(10-13)24(7-1-9-34(26,27)28)19(32-17)12-20-25(8-6-21(25)35(29,30)31)16-11-14(23)3-5-18(16)33-20;/h2-5,10-12,21H,1,6-9H2;/q;+1. The predicted molar refractivity (Wildman–Crippen MR) is 126 cm³/mol. The number of quaternary nitrogens is 1. The molecule has 15 heteroatoms. The molecule has 0 aliphatic carbocycles. The fraction of sp³-hybridized carbons (Fsp3) is 0.286. The number of aryl methyl sites for hydroxylation is 1. The van der Waals surface area contributed by atoms with Crippen LogP contribution < -0.4 is 60.4 Å². The van der Waals surface area contributed by atoms with Crippen molar-refractivity contribution in [3.05, 3.63) is 58.1 Å². The van der Waals surface area contributed by atoms with E-state index in [1.54, 1.807) is 16.7 Å². The molecule has 8 nitrogen and oxygen atoms in total. The van der Waals surface area contributed by atoms with Crippen molar-refractivity contribution in [1.29, 1.82) is 0 Å². The molecule has 3 aromatic rings. The molecule has 36 heavy (non-hydrogen) atoms. The minimum Gasteiger partial charge on any atom is -0.748 e. The van der Waals surface area contributed by atoms with Crippen LogP contribution in [0.5, 0.6) is 0 Å². The maximum Gasteiger partial charge on any atom is 1.00 e. The average Bonchev–Trinajstić information content (AvgIpc) is 3.21. The molecule has 186 valence electrons. The Balaban J connectivity index is 0.00000304. The Morgan fingerprint density at radius 2 is 1.78 bits per heavy atom. The summed E-state index contributed by atoms with van der Waals surface area (Å²) in [5.41, 5.74) is 0.882. The summed E-state index contributed by atoms with van der Waals surface area (Å²) < 4.78 is 99.8. The average molecular weight is 600 g/mol. The molecule has 2 unspecified atom stereocenters. The normalized spacial score (nSPS) is 22.6. The Morgan fingerprint density at radius 1 is 1.08 bits per heavy atom. The van der Waals surface area contributed by atoms with Crippen molar-refractivity contribution in [2.45, 2.75) is 29.7 Å². The molecular weight excluding hydrogens is 582 g/mol. The van der Waals surface area contributed by atoms with Gasteiger partial charge in [0.15, 0.2) is 32.8 Å². The summed E-state index contributed by atoms with van der Waals surface area (Å²) in [6, 6.07) is 8.20. The molecule has 1 saturated heterocycles. The van der Waals surface area contributed by atoms with Crippen LogP contribution in [0.1, 0.15) is 17.8 Å². The van der Waals surface area contributed by atoms with Crippen molar-refractivity contribution >= 4 is 65.3 Å². The number of rotatable bonds is 6. The molecule has 0 saturated carbocycles. The Kier molecular flexibility index (Phi) is 8.25. The third-order valence-corrected chi connectivity index (χ3v) is 10.6. The van der Waals surface area contributed by atoms with Crippen molar-refractivity contribution in [3.8, 4) is 0 Å². The third kappa shape index (κ3) is 5.27. The van der Waals surface area contributed by atoms with Gasteiger partial charge in [0.05, 0.1) is 34.1 Å². The first-order valence-electron chi connectivity index (χ1n) is 10.5. The molecule has 2 aliphatic rings. The van der Waals surface area contributed by atoms with Gasteiger partial charge in [-0.15, -0.1) is 0 Å². The summed E-state index contributed by atoms with van der Waals surface area (Å²) in [5.74, 6) is -1.65. The summed E-state index contributed by atoms with van der Waals surface area (Å²) in [6.45, 7) is 0.384. The SMILES string of the molecule is O=S(=O)([O-])CCC[n+]1c(C=C2Sc3ccc(F)cc3[N+]23CCC3S(=O)(=O)[O-])sc2ccc(F)cc21.[K+]. The van der Waals surface area contributed by atoms with Crippen LogP contribution in [0.4, 0.5) is 14.5 Å². The summed E-state index contributed by atoms with van der Waals surface area (Å²) in [4.78, 5) is 0.627. The second-order valence-corrected chi connectivity index (χ2v) is 13.5. The molecule has 0 radical (unpaired) electrons. The first-order valence-corrected chi connectivity index (χ1v) is 15.1. The molecule has 0 bridgehead atoms. The molecule has 5 rings (SSSR count). The first-order chi connectivity index (χ1) is 16.4. The fourth-order valence-electron chi connectivity index (χ4n) is 4.65. The summed E-state index contributed by atoms with van der Waals surface area (Å²) in [5, 5.41) is -0.259. The van der Waals surface area contributed by atoms with Crippen LogP contribution in [0.25, 0.3) is 16.3 Å². The first kappa shape index (κ1) is 28.7. The van der Waals surface area contributed by atoms with E-state index in [9.17, 15) is 34.7 Å². The Labute approximate surface area is 257 Å². The van der Waals surface area contributed by atoms with Crippen LogP contribution in [0.2, 0.25) is 0 Å². The van der Waals surface area contributed by atoms with Gasteiger partial charge in [-0.3, -0.25) is 0 Å². The van der Waals surface area contributed by atoms with Crippen LogP contribution in [0.15, 0.2) is 46.3 Å². The number of aromatic nitrogens is 1. The molecule has 3 heterocycles. The van der Waals surface area contributed by atoms with E-state index >= 15 is 0 Å². The van der Waals surface area contributed by atoms with E-state index < -0.39 is 43.0 Å². The second-order valence-electron chi connectivity index (χ2n) is 8.34. The van der Waals surface area contributed by atoms with Gasteiger partial charge in [-0.1, -0.05) is 11.3 Å². The molecule has 1 spiro atoms. The van der Waals surface area contributed by atoms with E-state index in [0.717, 1.165) is 0 Å². The monoisotopic (exact) mass is 599 g/mol. The third-order valence-electron chi connectivity index (χ3n) is 6.23. The largest absolute Gasteiger partial charge is 1.00 e. The van der Waals surface area contributed by atoms with Crippen molar-refractivity contribution in [3.63, 3.8) is 0 Å². The van der Waals surface area contributed by atoms with Gasteiger partial charge in [-0.2, -0.15) is 4.57 Å². The number of thiazole rings is 1. The van der Waals surface area contributed by atoms with Gasteiger partial charge in [0, 0.05) is 24.3 Å². The van der Waals surface area contributed by atoms with E-state index in [-0.39, 0.29) is 81.8 Å². The van der Waals surface area contributed by atoms with Gasteiger partial charge in [0.1, 0.15) is 16.3 Å². The van der Waals surface area contributed by atoms with E-state index in [4.69, 9.17) is 0 Å². The van der Waals surface area contributed by atoms with Gasteiger partial charge in [0.2, 0.25) is 5.52 Å². The second kappa shape index (κ2) is 10.3. The van der Waals surface area contributed by atoms with Gasteiger partial charge in [-0.05, 0) is 36.0 Å². The molecule has 1 fully saturated rings. The van der Waals surface area contributed by atoms with Crippen molar-refractivity contribution in [2.24, 2.45) is 0 Å². The molecule has 1 aromatic heterocycles. The van der Waals surface area contributed by atoms with E-state index in [0.29, 0.717) is 30.8 Å². The maximum absolute atomic E-state index is 14.1. The van der Waals surface area contributed by atoms with Crippen molar-refractivity contribution in [1.82, 2.24) is 4.48 Å². The summed E-state index contributed by atoms with van der Waals surface area (Å²) >= 11 is 2.50. The molecule has 2 atom stereocenters. The number of thioether (sulfide) groups is 1. The summed E-state index contributed by atoms with van der Waals surface area (Å²) in [7, 11) is -9.16. The van der Waals surface area contributed by atoms with Gasteiger partial charge < -0.3 is 9.11 Å². The molecule has 0 amide bonds. The van der Waals surface area contributed by atoms with E-state index in [1.165, 1.54) is 53.4 Å². The molecular formula is C21H18F2KN2O6S4+. The minimum absolute atomic E-state index is 0. The predicted octanol–water partition coefficient (Wildman–Crippen LogP) is 0.0929. The van der Waals surface area contributed by atoms with Crippen molar-refractivity contribution in [2.75, 3.05) is 12.3 Å². The molecule has 2 aromatic carbocycles. The topological polar surface area (TPSA) is 118 Å². The van der Waals surface area contributed by atoms with E-state index in [1.807, 2.05) is 0 Å². The van der Waals surface area contributed by atoms with Gasteiger partial charge >= 0.3 is 51.4 Å². The number of benzene rings is 2. The Bertz CT molecular complexity index is 1610. The maximum atomic E-state index is 14.1. The number of nitrogens with zero attached hydrogens (tertiary/aromatic N) is 2. The minimum atomic E-state index is -4.72. The van der Waals surface area contributed by atoms with Gasteiger partial charge in [0.25, 0.3) is 5.01 Å². The number of hydrogen-bond donors (Lipinski definition) is 0. The number of hydrogen-bond acceptors (Lipinski definition) is 8. The van der Waals surface area contributed by atoms with Crippen LogP contribution in [0.3, 0.4) is 0 Å². The van der Waals surface area contributed by atoms with Crippen LogP contribution in [0, 0.1) is 11.6 Å². The van der Waals surface area contributed by atoms with Gasteiger partial charge in [-0.25, -0.2) is 30.1 Å². The molecule has 0 N–H and O–H groups in total. The summed E-state index contributed by atoms with van der Waals surface area (Å²) in [6.07, 6.45) is 1.80. The molecule has 2 aliphatic heterocycles. The van der Waals surface area contributed by atoms with Crippen LogP contribution in [-0.2, 0) is 26.8 Å². The Hall–Kier alpha value is -0.304. The van der Waals surface area contributed by atoms with Crippen LogP contribution >= 0.6 is 23.1 Å².